The van der Waals surface area contributed by atoms with Gasteiger partial charge in [0.2, 0.25) is 0 Å². The fraction of sp³-hybridized carbons (Fsp3) is 0.519. The maximum atomic E-state index is 11.4. The average molecular weight is 440 g/mol. The average Bonchev–Trinajstić information content (AvgIpc) is 2.71. The molecule has 5 nitrogen and oxygen atoms in total. The lowest BCUT2D eigenvalue weighted by Crippen LogP contribution is -2.46. The van der Waals surface area contributed by atoms with Crippen molar-refractivity contribution in [3.8, 4) is 11.5 Å². The van der Waals surface area contributed by atoms with Crippen molar-refractivity contribution in [2.24, 2.45) is 5.41 Å². The monoisotopic (exact) mass is 439 g/mol. The van der Waals surface area contributed by atoms with Gasteiger partial charge in [-0.25, -0.2) is 0 Å². The van der Waals surface area contributed by atoms with Gasteiger partial charge in [0.05, 0.1) is 17.8 Å². The molecule has 1 aromatic rings. The Morgan fingerprint density at radius 2 is 2.06 bits per heavy atom. The van der Waals surface area contributed by atoms with Gasteiger partial charge in [0, 0.05) is 24.4 Å². The molecule has 0 bridgehead atoms. The van der Waals surface area contributed by atoms with Gasteiger partial charge in [0.1, 0.15) is 18.1 Å². The van der Waals surface area contributed by atoms with Crippen molar-refractivity contribution < 1.29 is 19.4 Å². The zero-order valence-electron chi connectivity index (χ0n) is 19.9. The van der Waals surface area contributed by atoms with Crippen LogP contribution in [0.5, 0.6) is 11.5 Å². The van der Waals surface area contributed by atoms with Crippen LogP contribution in [0.1, 0.15) is 63.7 Å². The van der Waals surface area contributed by atoms with Gasteiger partial charge in [-0.05, 0) is 57.1 Å². The quantitative estimate of drug-likeness (QED) is 0.580. The molecule has 1 aliphatic heterocycles. The molecule has 1 saturated heterocycles. The highest BCUT2D eigenvalue weighted by atomic mass is 16.5. The van der Waals surface area contributed by atoms with Crippen LogP contribution in [0, 0.1) is 5.41 Å². The first kappa shape index (κ1) is 24.1. The Hall–Kier alpha value is -2.53. The number of rotatable bonds is 6. The highest BCUT2D eigenvalue weighted by Gasteiger charge is 2.36. The first-order valence-electron chi connectivity index (χ1n) is 11.6. The van der Waals surface area contributed by atoms with Crippen LogP contribution in [0.3, 0.4) is 0 Å². The lowest BCUT2D eigenvalue weighted by Gasteiger charge is -2.45. The number of phenolic OH excluding ortho intramolecular Hbond substituents is 1. The molecular weight excluding hydrogens is 402 g/mol. The summed E-state index contributed by atoms with van der Waals surface area (Å²) >= 11 is 0. The standard InChI is InChI=1S/C27H37NO4/c1-5-27(4)19-26(2,3)32-16-15-28(20-27)23-12-9-7-6-8-11-21(23)18-31-25-14-10-13-24(30)22(25)17-29/h6,8,10-14,17,30H,5,7,9,15-16,18-20H2,1-4H3. The Balaban J connectivity index is 1.86. The van der Waals surface area contributed by atoms with E-state index in [4.69, 9.17) is 9.47 Å². The third kappa shape index (κ3) is 6.04. The molecule has 1 aliphatic carbocycles. The number of carbonyl (C=O) groups excluding carboxylic acids is 1. The molecule has 1 unspecified atom stereocenters. The highest BCUT2D eigenvalue weighted by molar-refractivity contribution is 5.83. The van der Waals surface area contributed by atoms with Crippen molar-refractivity contribution in [1.29, 1.82) is 0 Å². The Morgan fingerprint density at radius 1 is 1.25 bits per heavy atom. The van der Waals surface area contributed by atoms with E-state index in [1.165, 1.54) is 11.8 Å². The van der Waals surface area contributed by atoms with Gasteiger partial charge in [-0.1, -0.05) is 44.2 Å². The number of aldehydes is 1. The van der Waals surface area contributed by atoms with Gasteiger partial charge < -0.3 is 19.5 Å². The second-order valence-corrected chi connectivity index (χ2v) is 9.75. The largest absolute Gasteiger partial charge is 0.507 e. The summed E-state index contributed by atoms with van der Waals surface area (Å²) in [5.74, 6) is 0.324. The Bertz CT molecular complexity index is 899. The predicted octanol–water partition coefficient (Wildman–Crippen LogP) is 5.66. The molecular formula is C27H37NO4. The lowest BCUT2D eigenvalue weighted by molar-refractivity contribution is -0.0763. The van der Waals surface area contributed by atoms with Crippen LogP contribution in [-0.4, -0.2) is 48.2 Å². The van der Waals surface area contributed by atoms with E-state index in [0.717, 1.165) is 44.3 Å². The number of aromatic hydroxyl groups is 1. The number of carbonyl (C=O) groups is 1. The zero-order valence-corrected chi connectivity index (χ0v) is 19.9. The minimum absolute atomic E-state index is 0.0675. The van der Waals surface area contributed by atoms with Gasteiger partial charge in [-0.3, -0.25) is 4.79 Å². The smallest absolute Gasteiger partial charge is 0.157 e. The summed E-state index contributed by atoms with van der Waals surface area (Å²) in [6.45, 7) is 11.7. The van der Waals surface area contributed by atoms with Crippen molar-refractivity contribution >= 4 is 6.29 Å². The first-order valence-corrected chi connectivity index (χ1v) is 11.6. The first-order chi connectivity index (χ1) is 15.3. The summed E-state index contributed by atoms with van der Waals surface area (Å²) in [4.78, 5) is 13.9. The van der Waals surface area contributed by atoms with E-state index in [9.17, 15) is 9.90 Å². The molecule has 1 atom stereocenters. The number of ether oxygens (including phenoxy) is 2. The molecule has 1 fully saturated rings. The Labute approximate surface area is 192 Å². The van der Waals surface area contributed by atoms with Gasteiger partial charge >= 0.3 is 0 Å². The summed E-state index contributed by atoms with van der Waals surface area (Å²) in [6, 6.07) is 4.89. The van der Waals surface area contributed by atoms with Gasteiger partial charge in [-0.2, -0.15) is 0 Å². The molecule has 0 saturated carbocycles. The van der Waals surface area contributed by atoms with Crippen LogP contribution in [0.25, 0.3) is 0 Å². The number of phenols is 1. The molecule has 174 valence electrons. The van der Waals surface area contributed by atoms with E-state index in [2.05, 4.69) is 56.9 Å². The Morgan fingerprint density at radius 3 is 2.81 bits per heavy atom. The Kier molecular flexibility index (Phi) is 7.83. The van der Waals surface area contributed by atoms with E-state index in [0.29, 0.717) is 25.2 Å². The van der Waals surface area contributed by atoms with Crippen LogP contribution in [0.15, 0.2) is 53.8 Å². The molecule has 1 heterocycles. The molecule has 0 amide bonds. The van der Waals surface area contributed by atoms with Gasteiger partial charge in [-0.15, -0.1) is 0 Å². The number of allylic oxidation sites excluding steroid dienone is 4. The second kappa shape index (κ2) is 10.4. The molecule has 3 rings (SSSR count). The SMILES string of the molecule is CCC1(C)CN(C2=CCCC=CC=C2COc2cccc(O)c2C=O)CCOC(C)(C)C1. The van der Waals surface area contributed by atoms with Crippen LogP contribution in [0.4, 0.5) is 0 Å². The predicted molar refractivity (Wildman–Crippen MR) is 128 cm³/mol. The summed E-state index contributed by atoms with van der Waals surface area (Å²) in [5.41, 5.74) is 2.41. The minimum Gasteiger partial charge on any atom is -0.507 e. The molecule has 0 radical (unpaired) electrons. The van der Waals surface area contributed by atoms with E-state index in [1.807, 2.05) is 0 Å². The molecule has 2 aliphatic rings. The van der Waals surface area contributed by atoms with Crippen molar-refractivity contribution in [2.75, 3.05) is 26.3 Å². The molecule has 1 N–H and O–H groups in total. The van der Waals surface area contributed by atoms with E-state index in [-0.39, 0.29) is 22.3 Å². The molecule has 1 aromatic carbocycles. The normalized spacial score (nSPS) is 23.8. The summed E-state index contributed by atoms with van der Waals surface area (Å²) in [5, 5.41) is 9.98. The van der Waals surface area contributed by atoms with Crippen molar-refractivity contribution in [3.05, 3.63) is 59.3 Å². The molecule has 32 heavy (non-hydrogen) atoms. The number of hydrogen-bond acceptors (Lipinski definition) is 5. The van der Waals surface area contributed by atoms with Gasteiger partial charge in [0.25, 0.3) is 0 Å². The molecule has 5 heteroatoms. The third-order valence-electron chi connectivity index (χ3n) is 6.45. The highest BCUT2D eigenvalue weighted by Crippen LogP contribution is 2.38. The summed E-state index contributed by atoms with van der Waals surface area (Å²) in [7, 11) is 0. The molecule has 0 aromatic heterocycles. The van der Waals surface area contributed by atoms with Crippen molar-refractivity contribution in [2.45, 2.75) is 59.0 Å². The molecule has 0 spiro atoms. The number of benzene rings is 1. The zero-order chi connectivity index (χ0) is 23.2. The van der Waals surface area contributed by atoms with Crippen LogP contribution in [-0.2, 0) is 4.74 Å². The lowest BCUT2D eigenvalue weighted by atomic mass is 9.76. The fourth-order valence-electron chi connectivity index (χ4n) is 4.75. The van der Waals surface area contributed by atoms with Crippen LogP contribution < -0.4 is 4.74 Å². The maximum Gasteiger partial charge on any atom is 0.157 e. The summed E-state index contributed by atoms with van der Waals surface area (Å²) < 4.78 is 12.3. The van der Waals surface area contributed by atoms with Crippen molar-refractivity contribution in [3.63, 3.8) is 0 Å². The third-order valence-corrected chi connectivity index (χ3v) is 6.45. The topological polar surface area (TPSA) is 59.0 Å². The van der Waals surface area contributed by atoms with Gasteiger partial charge in [0.15, 0.2) is 6.29 Å². The summed E-state index contributed by atoms with van der Waals surface area (Å²) in [6.07, 6.45) is 13.3. The fourth-order valence-corrected chi connectivity index (χ4v) is 4.75. The second-order valence-electron chi connectivity index (χ2n) is 9.75. The minimum atomic E-state index is -0.128. The van der Waals surface area contributed by atoms with E-state index in [1.54, 1.807) is 12.1 Å². The number of hydrogen-bond donors (Lipinski definition) is 1. The van der Waals surface area contributed by atoms with E-state index < -0.39 is 0 Å². The number of nitrogens with zero attached hydrogens (tertiary/aromatic N) is 1. The van der Waals surface area contributed by atoms with E-state index >= 15 is 0 Å². The van der Waals surface area contributed by atoms with Crippen LogP contribution in [0.2, 0.25) is 0 Å². The van der Waals surface area contributed by atoms with Crippen LogP contribution >= 0.6 is 0 Å². The van der Waals surface area contributed by atoms with Crippen molar-refractivity contribution in [1.82, 2.24) is 4.90 Å². The maximum absolute atomic E-state index is 11.4.